The average molecular weight is 243 g/mol. The summed E-state index contributed by atoms with van der Waals surface area (Å²) >= 11 is 0. The van der Waals surface area contributed by atoms with Gasteiger partial charge in [-0.25, -0.2) is 4.39 Å². The van der Waals surface area contributed by atoms with E-state index in [4.69, 9.17) is 0 Å². The Balaban J connectivity index is 2.28. The smallest absolute Gasteiger partial charge is 0.123 e. The van der Waals surface area contributed by atoms with E-state index < -0.39 is 10.8 Å². The summed E-state index contributed by atoms with van der Waals surface area (Å²) in [5, 5.41) is 3.32. The van der Waals surface area contributed by atoms with E-state index in [0.29, 0.717) is 6.04 Å². The van der Waals surface area contributed by atoms with Crippen LogP contribution < -0.4 is 5.32 Å². The first-order valence-corrected chi connectivity index (χ1v) is 7.08. The molecule has 0 unspecified atom stereocenters. The number of hydrogen-bond acceptors (Lipinski definition) is 2. The van der Waals surface area contributed by atoms with Crippen LogP contribution in [0.5, 0.6) is 0 Å². The van der Waals surface area contributed by atoms with E-state index in [1.165, 1.54) is 12.1 Å². The number of nitrogens with one attached hydrogen (secondary N) is 1. The van der Waals surface area contributed by atoms with Crippen LogP contribution in [0.15, 0.2) is 24.3 Å². The molecular formula is C12H18FNOS. The first-order valence-electron chi connectivity index (χ1n) is 5.36. The first kappa shape index (κ1) is 13.3. The quantitative estimate of drug-likeness (QED) is 0.828. The molecule has 0 fully saturated rings. The van der Waals surface area contributed by atoms with Crippen molar-refractivity contribution < 1.29 is 8.60 Å². The van der Waals surface area contributed by atoms with E-state index in [-0.39, 0.29) is 5.82 Å². The van der Waals surface area contributed by atoms with Crippen LogP contribution in [0.1, 0.15) is 18.9 Å². The minimum atomic E-state index is -0.727. The highest BCUT2D eigenvalue weighted by Gasteiger charge is 2.02. The van der Waals surface area contributed by atoms with Crippen LogP contribution in [0.25, 0.3) is 0 Å². The highest BCUT2D eigenvalue weighted by Crippen LogP contribution is 2.03. The fourth-order valence-corrected chi connectivity index (χ4v) is 2.02. The van der Waals surface area contributed by atoms with Gasteiger partial charge in [-0.3, -0.25) is 4.21 Å². The molecule has 4 heteroatoms. The molecule has 1 aromatic carbocycles. The lowest BCUT2D eigenvalue weighted by atomic mass is 10.2. The summed E-state index contributed by atoms with van der Waals surface area (Å²) in [6.07, 6.45) is 2.61. The standard InChI is InChI=1S/C12H18FNOS/c1-10(7-8-16(2)15)14-9-11-3-5-12(13)6-4-11/h3-6,10,14H,7-9H2,1-2H3/t10-,16-/m1/s1. The Labute approximate surface area is 98.7 Å². The second kappa shape index (κ2) is 6.76. The van der Waals surface area contributed by atoms with Gasteiger partial charge in [0.25, 0.3) is 0 Å². The normalized spacial score (nSPS) is 14.7. The average Bonchev–Trinajstić information content (AvgIpc) is 2.25. The molecule has 0 heterocycles. The highest BCUT2D eigenvalue weighted by molar-refractivity contribution is 7.84. The first-order chi connectivity index (χ1) is 7.58. The second-order valence-electron chi connectivity index (χ2n) is 3.97. The van der Waals surface area contributed by atoms with Crippen LogP contribution in [0.2, 0.25) is 0 Å². The Morgan fingerprint density at radius 2 is 2.00 bits per heavy atom. The molecule has 0 aliphatic carbocycles. The van der Waals surface area contributed by atoms with E-state index >= 15 is 0 Å². The van der Waals surface area contributed by atoms with Crippen molar-refractivity contribution in [2.75, 3.05) is 12.0 Å². The number of rotatable bonds is 6. The minimum Gasteiger partial charge on any atom is -0.310 e. The van der Waals surface area contributed by atoms with Crippen molar-refractivity contribution >= 4 is 10.8 Å². The molecule has 1 aromatic rings. The van der Waals surface area contributed by atoms with Crippen molar-refractivity contribution in [1.29, 1.82) is 0 Å². The molecule has 0 aromatic heterocycles. The van der Waals surface area contributed by atoms with Gasteiger partial charge in [0.1, 0.15) is 5.82 Å². The second-order valence-corrected chi connectivity index (χ2v) is 5.53. The van der Waals surface area contributed by atoms with Gasteiger partial charge in [-0.1, -0.05) is 12.1 Å². The molecule has 2 nitrogen and oxygen atoms in total. The molecule has 2 atom stereocenters. The Kier molecular flexibility index (Phi) is 5.63. The molecule has 1 rings (SSSR count). The maximum absolute atomic E-state index is 12.6. The van der Waals surface area contributed by atoms with Gasteiger partial charge < -0.3 is 5.32 Å². The monoisotopic (exact) mass is 243 g/mol. The van der Waals surface area contributed by atoms with Gasteiger partial charge >= 0.3 is 0 Å². The third-order valence-corrected chi connectivity index (χ3v) is 3.22. The third-order valence-electron chi connectivity index (χ3n) is 2.41. The minimum absolute atomic E-state index is 0.210. The molecule has 90 valence electrons. The summed E-state index contributed by atoms with van der Waals surface area (Å²) in [7, 11) is -0.727. The van der Waals surface area contributed by atoms with Crippen LogP contribution in [0.4, 0.5) is 4.39 Å². The lowest BCUT2D eigenvalue weighted by Crippen LogP contribution is -2.26. The lowest BCUT2D eigenvalue weighted by Gasteiger charge is -2.12. The predicted molar refractivity (Wildman–Crippen MR) is 66.3 cm³/mol. The molecule has 0 radical (unpaired) electrons. The maximum atomic E-state index is 12.6. The van der Waals surface area contributed by atoms with E-state index in [9.17, 15) is 8.60 Å². The van der Waals surface area contributed by atoms with Crippen LogP contribution >= 0.6 is 0 Å². The van der Waals surface area contributed by atoms with Crippen molar-refractivity contribution in [2.45, 2.75) is 25.9 Å². The zero-order valence-electron chi connectivity index (χ0n) is 9.70. The van der Waals surface area contributed by atoms with E-state index in [0.717, 1.165) is 24.3 Å². The summed E-state index contributed by atoms with van der Waals surface area (Å²) in [5.41, 5.74) is 1.06. The molecule has 0 saturated heterocycles. The lowest BCUT2D eigenvalue weighted by molar-refractivity contribution is 0.534. The van der Waals surface area contributed by atoms with Crippen molar-refractivity contribution in [1.82, 2.24) is 5.32 Å². The predicted octanol–water partition coefficient (Wildman–Crippen LogP) is 2.07. The van der Waals surface area contributed by atoms with Gasteiger partial charge in [-0.15, -0.1) is 0 Å². The molecule has 0 aliphatic heterocycles. The maximum Gasteiger partial charge on any atom is 0.123 e. The number of benzene rings is 1. The topological polar surface area (TPSA) is 29.1 Å². The highest BCUT2D eigenvalue weighted by atomic mass is 32.2. The molecule has 1 N–H and O–H groups in total. The Morgan fingerprint density at radius 3 is 2.56 bits per heavy atom. The Bertz CT molecular complexity index is 339. The Hall–Kier alpha value is -0.740. The van der Waals surface area contributed by atoms with Gasteiger partial charge in [0.15, 0.2) is 0 Å². The van der Waals surface area contributed by atoms with E-state index in [1.807, 2.05) is 0 Å². The molecule has 0 bridgehead atoms. The van der Waals surface area contributed by atoms with Crippen LogP contribution in [-0.2, 0) is 17.3 Å². The van der Waals surface area contributed by atoms with Gasteiger partial charge in [0.2, 0.25) is 0 Å². The largest absolute Gasteiger partial charge is 0.310 e. The van der Waals surface area contributed by atoms with Gasteiger partial charge in [0, 0.05) is 35.4 Å². The molecule has 0 saturated carbocycles. The molecule has 0 aliphatic rings. The number of hydrogen-bond donors (Lipinski definition) is 1. The number of halogens is 1. The van der Waals surface area contributed by atoms with Crippen LogP contribution in [0.3, 0.4) is 0 Å². The van der Waals surface area contributed by atoms with E-state index in [1.54, 1.807) is 18.4 Å². The fourth-order valence-electron chi connectivity index (χ4n) is 1.34. The summed E-state index contributed by atoms with van der Waals surface area (Å²) in [5.74, 6) is 0.510. The molecule has 0 amide bonds. The summed E-state index contributed by atoms with van der Waals surface area (Å²) in [4.78, 5) is 0. The molecule has 0 spiro atoms. The van der Waals surface area contributed by atoms with Crippen molar-refractivity contribution in [3.8, 4) is 0 Å². The van der Waals surface area contributed by atoms with Gasteiger partial charge in [-0.2, -0.15) is 0 Å². The van der Waals surface area contributed by atoms with Crippen molar-refractivity contribution in [3.63, 3.8) is 0 Å². The third kappa shape index (κ3) is 5.37. The van der Waals surface area contributed by atoms with Gasteiger partial charge in [0.05, 0.1) is 0 Å². The molecule has 16 heavy (non-hydrogen) atoms. The summed E-state index contributed by atoms with van der Waals surface area (Å²) in [6.45, 7) is 2.79. The SMILES string of the molecule is C[C@H](CC[S@@](C)=O)NCc1ccc(F)cc1. The van der Waals surface area contributed by atoms with Crippen molar-refractivity contribution in [3.05, 3.63) is 35.6 Å². The summed E-state index contributed by atoms with van der Waals surface area (Å²) in [6, 6.07) is 6.79. The van der Waals surface area contributed by atoms with Crippen molar-refractivity contribution in [2.24, 2.45) is 0 Å². The van der Waals surface area contributed by atoms with E-state index in [2.05, 4.69) is 12.2 Å². The van der Waals surface area contributed by atoms with Gasteiger partial charge in [-0.05, 0) is 31.0 Å². The van der Waals surface area contributed by atoms with Crippen LogP contribution in [-0.4, -0.2) is 22.3 Å². The summed E-state index contributed by atoms with van der Waals surface area (Å²) < 4.78 is 23.5. The Morgan fingerprint density at radius 1 is 1.38 bits per heavy atom. The molecular weight excluding hydrogens is 225 g/mol. The van der Waals surface area contributed by atoms with Crippen LogP contribution in [0, 0.1) is 5.82 Å². The zero-order chi connectivity index (χ0) is 12.0. The fraction of sp³-hybridized carbons (Fsp3) is 0.500. The zero-order valence-corrected chi connectivity index (χ0v) is 10.5.